The van der Waals surface area contributed by atoms with Gasteiger partial charge in [0.1, 0.15) is 11.9 Å². The van der Waals surface area contributed by atoms with E-state index in [-0.39, 0.29) is 0 Å². The first-order valence-electron chi connectivity index (χ1n) is 6.83. The second kappa shape index (κ2) is 5.14. The molecule has 1 saturated carbocycles. The lowest BCUT2D eigenvalue weighted by Gasteiger charge is -2.21. The van der Waals surface area contributed by atoms with Gasteiger partial charge in [-0.25, -0.2) is 9.18 Å². The summed E-state index contributed by atoms with van der Waals surface area (Å²) in [6.45, 7) is 0. The molecule has 0 amide bonds. The fraction of sp³-hybridized carbons (Fsp3) is 0.533. The first-order valence-corrected chi connectivity index (χ1v) is 6.83. The zero-order valence-electron chi connectivity index (χ0n) is 11.3. The summed E-state index contributed by atoms with van der Waals surface area (Å²) in [5.41, 5.74) is 0.340. The minimum absolute atomic E-state index is 0.340. The molecule has 2 atom stereocenters. The average molecular weight is 280 g/mol. The number of esters is 1. The number of carbonyl (C=O) groups is 1. The van der Waals surface area contributed by atoms with E-state index >= 15 is 0 Å². The minimum atomic E-state index is -0.907. The van der Waals surface area contributed by atoms with Crippen molar-refractivity contribution in [1.29, 1.82) is 0 Å². The van der Waals surface area contributed by atoms with Gasteiger partial charge in [0.05, 0.1) is 7.11 Å². The summed E-state index contributed by atoms with van der Waals surface area (Å²) in [6.07, 6.45) is 1.77. The van der Waals surface area contributed by atoms with Crippen LogP contribution < -0.4 is 0 Å². The predicted molar refractivity (Wildman–Crippen MR) is 68.3 cm³/mol. The van der Waals surface area contributed by atoms with Gasteiger partial charge in [0.15, 0.2) is 11.9 Å². The number of methoxy groups -OCH3 is 1. The van der Waals surface area contributed by atoms with Crippen LogP contribution >= 0.6 is 0 Å². The third-order valence-corrected chi connectivity index (χ3v) is 3.97. The van der Waals surface area contributed by atoms with Crippen LogP contribution in [0.1, 0.15) is 37.4 Å². The van der Waals surface area contributed by atoms with Crippen LogP contribution in [0.15, 0.2) is 24.3 Å². The van der Waals surface area contributed by atoms with Gasteiger partial charge < -0.3 is 14.2 Å². The Morgan fingerprint density at radius 1 is 1.30 bits per heavy atom. The maximum absolute atomic E-state index is 14.0. The zero-order chi connectivity index (χ0) is 14.2. The van der Waals surface area contributed by atoms with Gasteiger partial charge in [-0.1, -0.05) is 18.2 Å². The van der Waals surface area contributed by atoms with E-state index < -0.39 is 29.8 Å². The van der Waals surface area contributed by atoms with Crippen molar-refractivity contribution in [2.24, 2.45) is 0 Å². The molecule has 0 aromatic heterocycles. The first kappa shape index (κ1) is 13.5. The van der Waals surface area contributed by atoms with Gasteiger partial charge >= 0.3 is 5.97 Å². The standard InChI is InChI=1S/C15H17FO4/c1-18-14(17)13-12(10-6-2-3-7-11(10)16)19-15(20-13)8-4-5-9-15/h2-3,6-7,12-13H,4-5,8-9H2,1H3/t12-,13+/m0/s1. The van der Waals surface area contributed by atoms with E-state index in [1.54, 1.807) is 18.2 Å². The molecule has 4 nitrogen and oxygen atoms in total. The highest BCUT2D eigenvalue weighted by atomic mass is 19.1. The molecular formula is C15H17FO4. The van der Waals surface area contributed by atoms with Gasteiger partial charge in [-0.15, -0.1) is 0 Å². The largest absolute Gasteiger partial charge is 0.467 e. The van der Waals surface area contributed by atoms with E-state index in [0.717, 1.165) is 25.7 Å². The average Bonchev–Trinajstić information content (AvgIpc) is 3.07. The van der Waals surface area contributed by atoms with Crippen LogP contribution in [0.4, 0.5) is 4.39 Å². The summed E-state index contributed by atoms with van der Waals surface area (Å²) in [7, 11) is 1.30. The molecule has 3 rings (SSSR count). The Balaban J connectivity index is 1.94. The molecule has 2 aliphatic rings. The first-order chi connectivity index (χ1) is 9.65. The topological polar surface area (TPSA) is 44.8 Å². The number of ether oxygens (including phenoxy) is 3. The Morgan fingerprint density at radius 3 is 2.65 bits per heavy atom. The molecule has 1 aliphatic carbocycles. The molecular weight excluding hydrogens is 263 g/mol. The number of carbonyl (C=O) groups excluding carboxylic acids is 1. The van der Waals surface area contributed by atoms with Crippen molar-refractivity contribution in [2.75, 3.05) is 7.11 Å². The molecule has 0 unspecified atom stereocenters. The number of hydrogen-bond donors (Lipinski definition) is 0. The van der Waals surface area contributed by atoms with Crippen LogP contribution in [0.5, 0.6) is 0 Å². The Kier molecular flexibility index (Phi) is 3.48. The Morgan fingerprint density at radius 2 is 2.00 bits per heavy atom. The van der Waals surface area contributed by atoms with E-state index in [1.165, 1.54) is 13.2 Å². The third-order valence-electron chi connectivity index (χ3n) is 3.97. The maximum Gasteiger partial charge on any atom is 0.338 e. The molecule has 0 radical (unpaired) electrons. The highest BCUT2D eigenvalue weighted by Crippen LogP contribution is 2.47. The van der Waals surface area contributed by atoms with E-state index in [9.17, 15) is 9.18 Å². The van der Waals surface area contributed by atoms with E-state index in [1.807, 2.05) is 0 Å². The highest BCUT2D eigenvalue weighted by Gasteiger charge is 2.53. The molecule has 1 spiro atoms. The van der Waals surface area contributed by atoms with Gasteiger partial charge in [0, 0.05) is 18.4 Å². The molecule has 108 valence electrons. The fourth-order valence-corrected chi connectivity index (χ4v) is 2.98. The van der Waals surface area contributed by atoms with Gasteiger partial charge in [0.2, 0.25) is 0 Å². The van der Waals surface area contributed by atoms with Crippen molar-refractivity contribution >= 4 is 5.97 Å². The lowest BCUT2D eigenvalue weighted by atomic mass is 10.0. The minimum Gasteiger partial charge on any atom is -0.467 e. The maximum atomic E-state index is 14.0. The predicted octanol–water partition coefficient (Wildman–Crippen LogP) is 2.73. The number of hydrogen-bond acceptors (Lipinski definition) is 4. The van der Waals surface area contributed by atoms with Crippen LogP contribution in [-0.2, 0) is 19.0 Å². The van der Waals surface area contributed by atoms with Gasteiger partial charge in [0.25, 0.3) is 0 Å². The van der Waals surface area contributed by atoms with Gasteiger partial charge in [-0.2, -0.15) is 0 Å². The van der Waals surface area contributed by atoms with Crippen LogP contribution in [0.2, 0.25) is 0 Å². The lowest BCUT2D eigenvalue weighted by Crippen LogP contribution is -2.30. The van der Waals surface area contributed by atoms with E-state index in [0.29, 0.717) is 5.56 Å². The number of halogens is 1. The molecule has 2 fully saturated rings. The Labute approximate surface area is 116 Å². The molecule has 20 heavy (non-hydrogen) atoms. The highest BCUT2D eigenvalue weighted by molar-refractivity contribution is 5.76. The van der Waals surface area contributed by atoms with E-state index in [2.05, 4.69) is 0 Å². The molecule has 1 aromatic carbocycles. The quantitative estimate of drug-likeness (QED) is 0.781. The van der Waals surface area contributed by atoms with Gasteiger partial charge in [-0.05, 0) is 18.9 Å². The summed E-state index contributed by atoms with van der Waals surface area (Å²) in [4.78, 5) is 11.9. The van der Waals surface area contributed by atoms with Crippen LogP contribution in [0, 0.1) is 5.82 Å². The SMILES string of the molecule is COC(=O)[C@@H]1OC2(CCCC2)O[C@H]1c1ccccc1F. The zero-order valence-corrected chi connectivity index (χ0v) is 11.3. The van der Waals surface area contributed by atoms with Crippen molar-refractivity contribution in [3.8, 4) is 0 Å². The summed E-state index contributed by atoms with van der Waals surface area (Å²) < 4.78 is 30.5. The normalized spacial score (nSPS) is 27.9. The summed E-state index contributed by atoms with van der Waals surface area (Å²) >= 11 is 0. The van der Waals surface area contributed by atoms with Crippen LogP contribution in [-0.4, -0.2) is 25.0 Å². The summed E-state index contributed by atoms with van der Waals surface area (Å²) in [6, 6.07) is 6.29. The molecule has 1 heterocycles. The third kappa shape index (κ3) is 2.21. The number of rotatable bonds is 2. The van der Waals surface area contributed by atoms with E-state index in [4.69, 9.17) is 14.2 Å². The van der Waals surface area contributed by atoms with Crippen molar-refractivity contribution < 1.29 is 23.4 Å². The molecule has 1 saturated heterocycles. The summed E-state index contributed by atoms with van der Waals surface area (Å²) in [5, 5.41) is 0. The molecule has 5 heteroatoms. The van der Waals surface area contributed by atoms with Crippen molar-refractivity contribution in [2.45, 2.75) is 43.7 Å². The second-order valence-electron chi connectivity index (χ2n) is 5.24. The fourth-order valence-electron chi connectivity index (χ4n) is 2.98. The van der Waals surface area contributed by atoms with Gasteiger partial charge in [-0.3, -0.25) is 0 Å². The smallest absolute Gasteiger partial charge is 0.338 e. The van der Waals surface area contributed by atoms with Crippen molar-refractivity contribution in [3.63, 3.8) is 0 Å². The lowest BCUT2D eigenvalue weighted by molar-refractivity contribution is -0.180. The molecule has 0 N–H and O–H groups in total. The Bertz CT molecular complexity index is 510. The monoisotopic (exact) mass is 280 g/mol. The Hall–Kier alpha value is -1.46. The summed E-state index contributed by atoms with van der Waals surface area (Å²) in [5.74, 6) is -1.68. The molecule has 0 bridgehead atoms. The molecule has 1 aromatic rings. The van der Waals surface area contributed by atoms with Crippen molar-refractivity contribution in [1.82, 2.24) is 0 Å². The molecule has 1 aliphatic heterocycles. The van der Waals surface area contributed by atoms with Crippen LogP contribution in [0.3, 0.4) is 0 Å². The van der Waals surface area contributed by atoms with Crippen molar-refractivity contribution in [3.05, 3.63) is 35.6 Å². The van der Waals surface area contributed by atoms with Crippen LogP contribution in [0.25, 0.3) is 0 Å². The number of benzene rings is 1. The second-order valence-corrected chi connectivity index (χ2v) is 5.24.